The van der Waals surface area contributed by atoms with Gasteiger partial charge in [-0.3, -0.25) is 0 Å². The molecule has 3 heteroatoms. The Balaban J connectivity index is 2.18. The Labute approximate surface area is 120 Å². The molecule has 1 unspecified atom stereocenters. The van der Waals surface area contributed by atoms with Crippen LogP contribution >= 0.6 is 11.6 Å². The van der Waals surface area contributed by atoms with Crippen molar-refractivity contribution in [3.63, 3.8) is 0 Å². The molecule has 0 bridgehead atoms. The van der Waals surface area contributed by atoms with Crippen LogP contribution in [0, 0.1) is 0 Å². The average Bonchev–Trinajstić information content (AvgIpc) is 2.64. The molecule has 104 valence electrons. The lowest BCUT2D eigenvalue weighted by Gasteiger charge is -2.13. The minimum Gasteiger partial charge on any atom is -0.491 e. The predicted octanol–water partition coefficient (Wildman–Crippen LogP) is 4.28. The number of allylic oxidation sites excluding steroid dienone is 2. The van der Waals surface area contributed by atoms with E-state index in [2.05, 4.69) is 12.1 Å². The Morgan fingerprint density at radius 3 is 2.89 bits per heavy atom. The first-order chi connectivity index (χ1) is 9.31. The maximum absolute atomic E-state index is 6.31. The number of ether oxygens (including phenoxy) is 2. The summed E-state index contributed by atoms with van der Waals surface area (Å²) in [7, 11) is 1.68. The normalized spacial score (nSPS) is 19.7. The fourth-order valence-electron chi connectivity index (χ4n) is 2.36. The van der Waals surface area contributed by atoms with Gasteiger partial charge in [-0.1, -0.05) is 30.7 Å². The molecule has 0 heterocycles. The van der Waals surface area contributed by atoms with Crippen molar-refractivity contribution >= 4 is 17.2 Å². The highest BCUT2D eigenvalue weighted by atomic mass is 35.5. The molecule has 0 saturated carbocycles. The molecular weight excluding hydrogens is 260 g/mol. The molecule has 1 aromatic rings. The first-order valence-electron chi connectivity index (χ1n) is 6.87. The molecule has 0 radical (unpaired) electrons. The fraction of sp³-hybridized carbons (Fsp3) is 0.500. The van der Waals surface area contributed by atoms with E-state index < -0.39 is 0 Å². The third kappa shape index (κ3) is 4.26. The maximum atomic E-state index is 6.31. The molecule has 1 aliphatic rings. The summed E-state index contributed by atoms with van der Waals surface area (Å²) in [6, 6.07) is 8.18. The number of hydrogen-bond donors (Lipinski definition) is 0. The number of hydrogen-bond acceptors (Lipinski definition) is 2. The highest BCUT2D eigenvalue weighted by molar-refractivity contribution is 6.22. The Hall–Kier alpha value is -0.990. The highest BCUT2D eigenvalue weighted by Crippen LogP contribution is 2.33. The van der Waals surface area contributed by atoms with Gasteiger partial charge in [0, 0.05) is 12.7 Å². The third-order valence-electron chi connectivity index (χ3n) is 3.34. The molecule has 1 aliphatic carbocycles. The van der Waals surface area contributed by atoms with Crippen LogP contribution in [0.2, 0.25) is 0 Å². The van der Waals surface area contributed by atoms with E-state index in [0.717, 1.165) is 18.6 Å². The minimum absolute atomic E-state index is 0.143. The smallest absolute Gasteiger partial charge is 0.126 e. The molecule has 0 aliphatic heterocycles. The van der Waals surface area contributed by atoms with Gasteiger partial charge in [0.25, 0.3) is 0 Å². The molecule has 19 heavy (non-hydrogen) atoms. The van der Waals surface area contributed by atoms with Gasteiger partial charge < -0.3 is 9.47 Å². The van der Waals surface area contributed by atoms with Gasteiger partial charge in [-0.05, 0) is 30.9 Å². The van der Waals surface area contributed by atoms with Gasteiger partial charge in [-0.2, -0.15) is 0 Å². The molecule has 0 fully saturated rings. The molecule has 0 amide bonds. The van der Waals surface area contributed by atoms with Gasteiger partial charge in [0.2, 0.25) is 0 Å². The standard InChI is InChI=1S/C16H21ClO2/c1-18-10-11-19-16-9-5-4-8-15(16)13-6-2-3-7-14(17)12-13/h4-5,8-9,12,14H,2-3,6-7,10-11H2,1H3. The molecule has 0 spiro atoms. The highest BCUT2D eigenvalue weighted by Gasteiger charge is 2.14. The molecule has 1 atom stereocenters. The second kappa shape index (κ2) is 7.56. The summed E-state index contributed by atoms with van der Waals surface area (Å²) in [6.45, 7) is 1.18. The van der Waals surface area contributed by atoms with Gasteiger partial charge >= 0.3 is 0 Å². The first-order valence-corrected chi connectivity index (χ1v) is 7.31. The van der Waals surface area contributed by atoms with Crippen molar-refractivity contribution in [1.29, 1.82) is 0 Å². The summed E-state index contributed by atoms with van der Waals surface area (Å²) in [5.41, 5.74) is 2.48. The molecular formula is C16H21ClO2. The Kier molecular flexibility index (Phi) is 5.74. The van der Waals surface area contributed by atoms with Crippen LogP contribution in [0.15, 0.2) is 30.3 Å². The van der Waals surface area contributed by atoms with Gasteiger partial charge in [0.15, 0.2) is 0 Å². The molecule has 2 rings (SSSR count). The van der Waals surface area contributed by atoms with E-state index in [1.54, 1.807) is 7.11 Å². The molecule has 0 saturated heterocycles. The van der Waals surface area contributed by atoms with E-state index in [0.29, 0.717) is 13.2 Å². The van der Waals surface area contributed by atoms with E-state index in [1.807, 2.05) is 18.2 Å². The monoisotopic (exact) mass is 280 g/mol. The number of methoxy groups -OCH3 is 1. The summed E-state index contributed by atoms with van der Waals surface area (Å²) >= 11 is 6.31. The number of alkyl halides is 1. The van der Waals surface area contributed by atoms with Crippen molar-refractivity contribution in [2.24, 2.45) is 0 Å². The summed E-state index contributed by atoms with van der Waals surface area (Å²) in [6.07, 6.45) is 6.72. The lowest BCUT2D eigenvalue weighted by atomic mass is 10.0. The Morgan fingerprint density at radius 2 is 2.05 bits per heavy atom. The van der Waals surface area contributed by atoms with Crippen LogP contribution < -0.4 is 4.74 Å². The van der Waals surface area contributed by atoms with Crippen LogP contribution in [-0.2, 0) is 4.74 Å². The van der Waals surface area contributed by atoms with Gasteiger partial charge in [-0.15, -0.1) is 11.6 Å². The van der Waals surface area contributed by atoms with Crippen LogP contribution in [0.1, 0.15) is 31.2 Å². The summed E-state index contributed by atoms with van der Waals surface area (Å²) in [5.74, 6) is 0.927. The van der Waals surface area contributed by atoms with Crippen molar-refractivity contribution in [2.75, 3.05) is 20.3 Å². The van der Waals surface area contributed by atoms with E-state index in [1.165, 1.54) is 24.0 Å². The lowest BCUT2D eigenvalue weighted by molar-refractivity contribution is 0.146. The topological polar surface area (TPSA) is 18.5 Å². The second-order valence-corrected chi connectivity index (χ2v) is 5.35. The van der Waals surface area contributed by atoms with Crippen LogP contribution in [0.25, 0.3) is 5.57 Å². The van der Waals surface area contributed by atoms with E-state index >= 15 is 0 Å². The zero-order valence-electron chi connectivity index (χ0n) is 11.4. The van der Waals surface area contributed by atoms with Crippen LogP contribution in [0.5, 0.6) is 5.75 Å². The minimum atomic E-state index is 0.143. The van der Waals surface area contributed by atoms with Crippen molar-refractivity contribution in [1.82, 2.24) is 0 Å². The predicted molar refractivity (Wildman–Crippen MR) is 79.9 cm³/mol. The Morgan fingerprint density at radius 1 is 1.21 bits per heavy atom. The molecule has 2 nitrogen and oxygen atoms in total. The van der Waals surface area contributed by atoms with Crippen molar-refractivity contribution in [3.8, 4) is 5.75 Å². The molecule has 0 N–H and O–H groups in total. The summed E-state index contributed by atoms with van der Waals surface area (Å²) in [5, 5.41) is 0.143. The first kappa shape index (κ1) is 14.4. The van der Waals surface area contributed by atoms with E-state index in [4.69, 9.17) is 21.1 Å². The van der Waals surface area contributed by atoms with Crippen molar-refractivity contribution < 1.29 is 9.47 Å². The lowest BCUT2D eigenvalue weighted by Crippen LogP contribution is -2.06. The molecule has 1 aromatic carbocycles. The van der Waals surface area contributed by atoms with Crippen LogP contribution in [0.3, 0.4) is 0 Å². The van der Waals surface area contributed by atoms with Crippen molar-refractivity contribution in [2.45, 2.75) is 31.1 Å². The average molecular weight is 281 g/mol. The SMILES string of the molecule is COCCOc1ccccc1C1=CC(Cl)CCCC1. The fourth-order valence-corrected chi connectivity index (χ4v) is 2.66. The maximum Gasteiger partial charge on any atom is 0.126 e. The Bertz CT molecular complexity index is 429. The van der Waals surface area contributed by atoms with Crippen molar-refractivity contribution in [3.05, 3.63) is 35.9 Å². The third-order valence-corrected chi connectivity index (χ3v) is 3.68. The molecule has 0 aromatic heterocycles. The zero-order valence-corrected chi connectivity index (χ0v) is 12.2. The van der Waals surface area contributed by atoms with Crippen LogP contribution in [-0.4, -0.2) is 25.7 Å². The van der Waals surface area contributed by atoms with E-state index in [9.17, 15) is 0 Å². The number of halogens is 1. The number of rotatable bonds is 5. The zero-order chi connectivity index (χ0) is 13.5. The number of para-hydroxylation sites is 1. The largest absolute Gasteiger partial charge is 0.491 e. The summed E-state index contributed by atoms with van der Waals surface area (Å²) < 4.78 is 10.8. The second-order valence-electron chi connectivity index (χ2n) is 4.79. The van der Waals surface area contributed by atoms with Gasteiger partial charge in [-0.25, -0.2) is 0 Å². The quantitative estimate of drug-likeness (QED) is 0.592. The van der Waals surface area contributed by atoms with E-state index in [-0.39, 0.29) is 5.38 Å². The summed E-state index contributed by atoms with van der Waals surface area (Å²) in [4.78, 5) is 0. The van der Waals surface area contributed by atoms with Gasteiger partial charge in [0.1, 0.15) is 12.4 Å². The van der Waals surface area contributed by atoms with Gasteiger partial charge in [0.05, 0.1) is 12.0 Å². The number of benzene rings is 1. The van der Waals surface area contributed by atoms with Crippen LogP contribution in [0.4, 0.5) is 0 Å².